The van der Waals surface area contributed by atoms with Crippen molar-refractivity contribution in [2.45, 2.75) is 26.7 Å². The summed E-state index contributed by atoms with van der Waals surface area (Å²) in [6, 6.07) is 35.3. The second-order valence-corrected chi connectivity index (χ2v) is 7.41. The quantitative estimate of drug-likeness (QED) is 0.338. The van der Waals surface area contributed by atoms with Crippen molar-refractivity contribution in [2.24, 2.45) is 0 Å². The highest BCUT2D eigenvalue weighted by Crippen LogP contribution is 2.38. The van der Waals surface area contributed by atoms with Crippen molar-refractivity contribution in [1.29, 1.82) is 0 Å². The average Bonchev–Trinajstić information content (AvgIpc) is 2.74. The van der Waals surface area contributed by atoms with Crippen molar-refractivity contribution in [3.05, 3.63) is 108 Å². The van der Waals surface area contributed by atoms with Gasteiger partial charge in [-0.3, -0.25) is 0 Å². The Balaban J connectivity index is 1.88. The lowest BCUT2D eigenvalue weighted by atomic mass is 9.88. The summed E-state index contributed by atoms with van der Waals surface area (Å²) in [6.07, 6.45) is 2.29. The Hall–Kier alpha value is -3.12. The van der Waals surface area contributed by atoms with Crippen molar-refractivity contribution in [2.75, 3.05) is 0 Å². The molecule has 0 aliphatic heterocycles. The monoisotopic (exact) mass is 362 g/mol. The van der Waals surface area contributed by atoms with E-state index in [1.54, 1.807) is 0 Å². The van der Waals surface area contributed by atoms with Crippen LogP contribution in [0, 0.1) is 6.92 Å². The van der Waals surface area contributed by atoms with E-state index in [0.29, 0.717) is 0 Å². The first-order valence-electron chi connectivity index (χ1n) is 10.1. The Kier molecular flexibility index (Phi) is 5.39. The number of hydrogen-bond donors (Lipinski definition) is 0. The van der Waals surface area contributed by atoms with Gasteiger partial charge in [0.05, 0.1) is 0 Å². The highest BCUT2D eigenvalue weighted by atomic mass is 14.2. The van der Waals surface area contributed by atoms with Gasteiger partial charge in [0.2, 0.25) is 0 Å². The summed E-state index contributed by atoms with van der Waals surface area (Å²) in [4.78, 5) is 0. The van der Waals surface area contributed by atoms with Gasteiger partial charge in [-0.1, -0.05) is 116 Å². The molecule has 4 rings (SSSR count). The third-order valence-electron chi connectivity index (χ3n) is 5.25. The molecular formula is C28H26. The molecule has 28 heavy (non-hydrogen) atoms. The van der Waals surface area contributed by atoms with Crippen LogP contribution in [0.15, 0.2) is 97.1 Å². The van der Waals surface area contributed by atoms with Crippen molar-refractivity contribution in [1.82, 2.24) is 0 Å². The van der Waals surface area contributed by atoms with Gasteiger partial charge in [0, 0.05) is 0 Å². The first-order valence-corrected chi connectivity index (χ1v) is 10.1. The second kappa shape index (κ2) is 8.27. The normalized spacial score (nSPS) is 10.8. The summed E-state index contributed by atoms with van der Waals surface area (Å²) in [5.74, 6) is 0. The van der Waals surface area contributed by atoms with Crippen molar-refractivity contribution in [3.63, 3.8) is 0 Å². The van der Waals surface area contributed by atoms with E-state index in [9.17, 15) is 0 Å². The molecule has 0 heteroatoms. The number of aryl methyl sites for hydroxylation is 2. The molecule has 0 radical (unpaired) electrons. The van der Waals surface area contributed by atoms with Gasteiger partial charge in [-0.05, 0) is 52.3 Å². The molecule has 0 atom stereocenters. The molecule has 0 saturated carbocycles. The van der Waals surface area contributed by atoms with Crippen molar-refractivity contribution < 1.29 is 0 Å². The summed E-state index contributed by atoms with van der Waals surface area (Å²) in [5, 5.41) is 0. The molecule has 0 nitrogen and oxygen atoms in total. The van der Waals surface area contributed by atoms with Crippen LogP contribution in [0.2, 0.25) is 0 Å². The number of benzene rings is 4. The van der Waals surface area contributed by atoms with Crippen LogP contribution in [-0.2, 0) is 6.42 Å². The average molecular weight is 363 g/mol. The zero-order valence-corrected chi connectivity index (χ0v) is 16.7. The van der Waals surface area contributed by atoms with Crippen LogP contribution in [0.4, 0.5) is 0 Å². The van der Waals surface area contributed by atoms with Gasteiger partial charge in [0.15, 0.2) is 0 Å². The van der Waals surface area contributed by atoms with E-state index in [0.717, 1.165) is 6.42 Å². The Bertz CT molecular complexity index is 1090. The molecule has 0 bridgehead atoms. The van der Waals surface area contributed by atoms with E-state index in [4.69, 9.17) is 0 Å². The summed E-state index contributed by atoms with van der Waals surface area (Å²) >= 11 is 0. The van der Waals surface area contributed by atoms with Gasteiger partial charge in [-0.2, -0.15) is 0 Å². The molecule has 0 fully saturated rings. The molecule has 138 valence electrons. The lowest BCUT2D eigenvalue weighted by molar-refractivity contribution is 0.922. The predicted octanol–water partition coefficient (Wildman–Crippen LogP) is 7.95. The van der Waals surface area contributed by atoms with E-state index in [2.05, 4.69) is 111 Å². The molecule has 0 saturated heterocycles. The Morgan fingerprint density at radius 3 is 1.64 bits per heavy atom. The van der Waals surface area contributed by atoms with Gasteiger partial charge in [0.25, 0.3) is 0 Å². The number of hydrogen-bond acceptors (Lipinski definition) is 0. The third-order valence-corrected chi connectivity index (χ3v) is 5.25. The maximum atomic E-state index is 2.34. The molecule has 0 spiro atoms. The largest absolute Gasteiger partial charge is 0.0651 e. The summed E-state index contributed by atoms with van der Waals surface area (Å²) in [7, 11) is 0. The zero-order valence-electron chi connectivity index (χ0n) is 16.7. The fraction of sp³-hybridized carbons (Fsp3) is 0.143. The van der Waals surface area contributed by atoms with Gasteiger partial charge in [0.1, 0.15) is 0 Å². The molecule has 0 N–H and O–H groups in total. The van der Waals surface area contributed by atoms with Crippen LogP contribution >= 0.6 is 0 Å². The summed E-state index contributed by atoms with van der Waals surface area (Å²) < 4.78 is 0. The van der Waals surface area contributed by atoms with Crippen molar-refractivity contribution in [3.8, 4) is 33.4 Å². The van der Waals surface area contributed by atoms with E-state index < -0.39 is 0 Å². The van der Waals surface area contributed by atoms with Crippen LogP contribution in [0.5, 0.6) is 0 Å². The smallest absolute Gasteiger partial charge is 0.00992 e. The SMILES string of the molecule is CCCc1cccc(-c2ccccc2-c2ccccc2-c2cccc(C)c2)c1. The van der Waals surface area contributed by atoms with Gasteiger partial charge in [-0.15, -0.1) is 0 Å². The van der Waals surface area contributed by atoms with Gasteiger partial charge >= 0.3 is 0 Å². The zero-order chi connectivity index (χ0) is 19.3. The van der Waals surface area contributed by atoms with Gasteiger partial charge in [-0.25, -0.2) is 0 Å². The molecule has 0 aliphatic rings. The van der Waals surface area contributed by atoms with Gasteiger partial charge < -0.3 is 0 Å². The molecule has 0 aliphatic carbocycles. The van der Waals surface area contributed by atoms with Crippen LogP contribution in [-0.4, -0.2) is 0 Å². The van der Waals surface area contributed by atoms with E-state index in [1.807, 2.05) is 0 Å². The topological polar surface area (TPSA) is 0 Å². The third kappa shape index (κ3) is 3.77. The fourth-order valence-electron chi connectivity index (χ4n) is 3.94. The highest BCUT2D eigenvalue weighted by Gasteiger charge is 2.12. The number of rotatable bonds is 5. The van der Waals surface area contributed by atoms with E-state index in [-0.39, 0.29) is 0 Å². The second-order valence-electron chi connectivity index (χ2n) is 7.41. The maximum absolute atomic E-state index is 2.34. The Morgan fingerprint density at radius 2 is 1.07 bits per heavy atom. The minimum Gasteiger partial charge on any atom is -0.0651 e. The van der Waals surface area contributed by atoms with E-state index in [1.165, 1.54) is 50.9 Å². The fourth-order valence-corrected chi connectivity index (χ4v) is 3.94. The minimum absolute atomic E-state index is 1.12. The van der Waals surface area contributed by atoms with Crippen LogP contribution < -0.4 is 0 Å². The summed E-state index contributed by atoms with van der Waals surface area (Å²) in [5.41, 5.74) is 10.4. The predicted molar refractivity (Wildman–Crippen MR) is 121 cm³/mol. The molecule has 4 aromatic carbocycles. The molecule has 0 unspecified atom stereocenters. The first-order chi connectivity index (χ1) is 13.8. The van der Waals surface area contributed by atoms with Crippen LogP contribution in [0.3, 0.4) is 0 Å². The van der Waals surface area contributed by atoms with Crippen LogP contribution in [0.25, 0.3) is 33.4 Å². The van der Waals surface area contributed by atoms with E-state index >= 15 is 0 Å². The Morgan fingerprint density at radius 1 is 0.536 bits per heavy atom. The standard InChI is InChI=1S/C28H26/c1-3-10-22-12-9-14-24(20-22)26-16-5-7-18-28(26)27-17-6-4-15-25(27)23-13-8-11-21(2)19-23/h4-9,11-20H,3,10H2,1-2H3. The Labute approximate surface area is 168 Å². The summed E-state index contributed by atoms with van der Waals surface area (Å²) in [6.45, 7) is 4.39. The molecule has 4 aromatic rings. The molecule has 0 heterocycles. The minimum atomic E-state index is 1.12. The molecule has 0 amide bonds. The highest BCUT2D eigenvalue weighted by molar-refractivity contribution is 5.91. The first kappa shape index (κ1) is 18.3. The lowest BCUT2D eigenvalue weighted by Gasteiger charge is -2.15. The lowest BCUT2D eigenvalue weighted by Crippen LogP contribution is -1.90. The van der Waals surface area contributed by atoms with Crippen LogP contribution in [0.1, 0.15) is 24.5 Å². The maximum Gasteiger partial charge on any atom is -0.00992 e. The van der Waals surface area contributed by atoms with Crippen molar-refractivity contribution >= 4 is 0 Å². The molecular weight excluding hydrogens is 336 g/mol. The molecule has 0 aromatic heterocycles.